The molecule has 0 radical (unpaired) electrons. The van der Waals surface area contributed by atoms with E-state index in [0.717, 1.165) is 0 Å². The van der Waals surface area contributed by atoms with Crippen LogP contribution in [0.1, 0.15) is 20.3 Å². The summed E-state index contributed by atoms with van der Waals surface area (Å²) in [5, 5.41) is 0. The van der Waals surface area contributed by atoms with Crippen molar-refractivity contribution < 1.29 is 14.0 Å². The number of anilines is 1. The van der Waals surface area contributed by atoms with Gasteiger partial charge >= 0.3 is 0 Å². The van der Waals surface area contributed by atoms with Gasteiger partial charge in [0.1, 0.15) is 5.82 Å². The zero-order chi connectivity index (χ0) is 14.7. The number of carbonyl (C=O) groups is 2. The maximum Gasteiger partial charge on any atom is 0.243 e. The molecule has 1 heterocycles. The van der Waals surface area contributed by atoms with Gasteiger partial charge in [0.05, 0.1) is 11.6 Å². The van der Waals surface area contributed by atoms with Crippen molar-refractivity contribution in [3.8, 4) is 0 Å². The van der Waals surface area contributed by atoms with Crippen molar-refractivity contribution in [2.45, 2.75) is 26.3 Å². The topological polar surface area (TPSA) is 61.4 Å². The van der Waals surface area contributed by atoms with Crippen LogP contribution >= 0.6 is 0 Å². The molecule has 1 aromatic rings. The molecule has 5 nitrogen and oxygen atoms in total. The summed E-state index contributed by atoms with van der Waals surface area (Å²) in [5.41, 5.74) is 5.85. The maximum absolute atomic E-state index is 12.7. The molecule has 0 aliphatic carbocycles. The Labute approximate surface area is 117 Å². The molecule has 20 heavy (non-hydrogen) atoms. The molecule has 1 saturated heterocycles. The van der Waals surface area contributed by atoms with E-state index in [9.17, 15) is 14.0 Å². The minimum Gasteiger partial charge on any atom is -0.339 e. The summed E-state index contributed by atoms with van der Waals surface area (Å²) in [6, 6.07) is 5.75. The normalized spacial score (nSPS) is 18.5. The molecular weight excluding hydrogens is 261 g/mol. The Morgan fingerprint density at radius 3 is 2.55 bits per heavy atom. The SMILES string of the molecule is CC(C)N1CC(C(=O)NNc2ccc(F)cc2)CC1=O. The van der Waals surface area contributed by atoms with Crippen molar-refractivity contribution in [2.24, 2.45) is 5.92 Å². The van der Waals surface area contributed by atoms with Crippen LogP contribution in [0.4, 0.5) is 10.1 Å². The van der Waals surface area contributed by atoms with Gasteiger partial charge in [-0.2, -0.15) is 0 Å². The first-order chi connectivity index (χ1) is 9.47. The average Bonchev–Trinajstić information content (AvgIpc) is 2.80. The third-order valence-corrected chi connectivity index (χ3v) is 3.33. The summed E-state index contributed by atoms with van der Waals surface area (Å²) < 4.78 is 12.7. The molecule has 1 aliphatic heterocycles. The molecule has 108 valence electrons. The third kappa shape index (κ3) is 3.26. The zero-order valence-electron chi connectivity index (χ0n) is 11.5. The quantitative estimate of drug-likeness (QED) is 0.822. The maximum atomic E-state index is 12.7. The molecule has 0 bridgehead atoms. The Bertz CT molecular complexity index is 502. The highest BCUT2D eigenvalue weighted by Gasteiger charge is 2.35. The number of likely N-dealkylation sites (tertiary alicyclic amines) is 1. The number of amides is 2. The van der Waals surface area contributed by atoms with Crippen LogP contribution in [0.5, 0.6) is 0 Å². The first kappa shape index (κ1) is 14.3. The highest BCUT2D eigenvalue weighted by molar-refractivity contribution is 5.89. The fourth-order valence-electron chi connectivity index (χ4n) is 2.18. The van der Waals surface area contributed by atoms with Gasteiger partial charge in [-0.25, -0.2) is 4.39 Å². The first-order valence-electron chi connectivity index (χ1n) is 6.58. The first-order valence-corrected chi connectivity index (χ1v) is 6.58. The summed E-state index contributed by atoms with van der Waals surface area (Å²) in [4.78, 5) is 25.4. The zero-order valence-corrected chi connectivity index (χ0v) is 11.5. The monoisotopic (exact) mass is 279 g/mol. The number of hydrogen-bond donors (Lipinski definition) is 2. The van der Waals surface area contributed by atoms with Crippen LogP contribution in [-0.2, 0) is 9.59 Å². The van der Waals surface area contributed by atoms with E-state index in [1.54, 1.807) is 4.90 Å². The summed E-state index contributed by atoms with van der Waals surface area (Å²) in [6.07, 6.45) is 0.231. The molecule has 1 aliphatic rings. The predicted octanol–water partition coefficient (Wildman–Crippen LogP) is 1.53. The second-order valence-corrected chi connectivity index (χ2v) is 5.16. The number of nitrogens with one attached hydrogen (secondary N) is 2. The summed E-state index contributed by atoms with van der Waals surface area (Å²) in [7, 11) is 0. The van der Waals surface area contributed by atoms with Gasteiger partial charge < -0.3 is 4.90 Å². The molecule has 0 saturated carbocycles. The Morgan fingerprint density at radius 1 is 1.35 bits per heavy atom. The molecule has 1 fully saturated rings. The van der Waals surface area contributed by atoms with Gasteiger partial charge in [-0.3, -0.25) is 20.4 Å². The van der Waals surface area contributed by atoms with Gasteiger partial charge in [0, 0.05) is 19.0 Å². The number of halogens is 1. The average molecular weight is 279 g/mol. The number of hydrazine groups is 1. The number of nitrogens with zero attached hydrogens (tertiary/aromatic N) is 1. The van der Waals surface area contributed by atoms with E-state index in [1.165, 1.54) is 24.3 Å². The van der Waals surface area contributed by atoms with Crippen LogP contribution in [0.15, 0.2) is 24.3 Å². The van der Waals surface area contributed by atoms with Crippen LogP contribution in [0, 0.1) is 11.7 Å². The predicted molar refractivity (Wildman–Crippen MR) is 73.1 cm³/mol. The molecule has 2 amide bonds. The van der Waals surface area contributed by atoms with Gasteiger partial charge in [-0.05, 0) is 38.1 Å². The largest absolute Gasteiger partial charge is 0.339 e. The van der Waals surface area contributed by atoms with Crippen molar-refractivity contribution in [2.75, 3.05) is 12.0 Å². The van der Waals surface area contributed by atoms with E-state index in [0.29, 0.717) is 12.2 Å². The molecular formula is C14H18FN3O2. The van der Waals surface area contributed by atoms with Crippen molar-refractivity contribution in [1.82, 2.24) is 10.3 Å². The Hall–Kier alpha value is -2.11. The Morgan fingerprint density at radius 2 is 2.00 bits per heavy atom. The summed E-state index contributed by atoms with van der Waals surface area (Å²) in [5.74, 6) is -0.915. The van der Waals surface area contributed by atoms with E-state index in [2.05, 4.69) is 10.9 Å². The van der Waals surface area contributed by atoms with Crippen LogP contribution in [-0.4, -0.2) is 29.3 Å². The van der Waals surface area contributed by atoms with Crippen LogP contribution in [0.2, 0.25) is 0 Å². The standard InChI is InChI=1S/C14H18FN3O2/c1-9(2)18-8-10(7-13(18)19)14(20)17-16-12-5-3-11(15)4-6-12/h3-6,9-10,16H,7-8H2,1-2H3,(H,17,20). The summed E-state index contributed by atoms with van der Waals surface area (Å²) >= 11 is 0. The van der Waals surface area contributed by atoms with Crippen molar-refractivity contribution in [3.05, 3.63) is 30.1 Å². The smallest absolute Gasteiger partial charge is 0.243 e. The van der Waals surface area contributed by atoms with Crippen LogP contribution in [0.3, 0.4) is 0 Å². The van der Waals surface area contributed by atoms with Gasteiger partial charge in [0.15, 0.2) is 0 Å². The molecule has 2 rings (SSSR count). The molecule has 6 heteroatoms. The van der Waals surface area contributed by atoms with E-state index in [4.69, 9.17) is 0 Å². The Balaban J connectivity index is 1.87. The number of hydrogen-bond acceptors (Lipinski definition) is 3. The fourth-order valence-corrected chi connectivity index (χ4v) is 2.18. The number of rotatable bonds is 4. The number of carbonyl (C=O) groups excluding carboxylic acids is 2. The van der Waals surface area contributed by atoms with E-state index in [1.807, 2.05) is 13.8 Å². The minimum atomic E-state index is -0.349. The van der Waals surface area contributed by atoms with Crippen LogP contribution < -0.4 is 10.9 Å². The van der Waals surface area contributed by atoms with E-state index >= 15 is 0 Å². The van der Waals surface area contributed by atoms with Gasteiger partial charge in [0.25, 0.3) is 0 Å². The molecule has 1 atom stereocenters. The highest BCUT2D eigenvalue weighted by atomic mass is 19.1. The second-order valence-electron chi connectivity index (χ2n) is 5.16. The molecule has 0 aromatic heterocycles. The lowest BCUT2D eigenvalue weighted by Crippen LogP contribution is -2.37. The lowest BCUT2D eigenvalue weighted by Gasteiger charge is -2.20. The lowest BCUT2D eigenvalue weighted by molar-refractivity contribution is -0.129. The van der Waals surface area contributed by atoms with Crippen molar-refractivity contribution in [1.29, 1.82) is 0 Å². The molecule has 1 aromatic carbocycles. The minimum absolute atomic E-state index is 0.00179. The van der Waals surface area contributed by atoms with Crippen molar-refractivity contribution >= 4 is 17.5 Å². The lowest BCUT2D eigenvalue weighted by atomic mass is 10.1. The van der Waals surface area contributed by atoms with Gasteiger partial charge in [-0.15, -0.1) is 0 Å². The van der Waals surface area contributed by atoms with Crippen molar-refractivity contribution in [3.63, 3.8) is 0 Å². The van der Waals surface area contributed by atoms with Crippen LogP contribution in [0.25, 0.3) is 0 Å². The summed E-state index contributed by atoms with van der Waals surface area (Å²) in [6.45, 7) is 4.29. The second kappa shape index (κ2) is 5.90. The van der Waals surface area contributed by atoms with E-state index in [-0.39, 0.29) is 36.0 Å². The Kier molecular flexibility index (Phi) is 4.22. The number of benzene rings is 1. The van der Waals surface area contributed by atoms with E-state index < -0.39 is 0 Å². The van der Waals surface area contributed by atoms with Gasteiger partial charge in [0.2, 0.25) is 11.8 Å². The fraction of sp³-hybridized carbons (Fsp3) is 0.429. The molecule has 2 N–H and O–H groups in total. The highest BCUT2D eigenvalue weighted by Crippen LogP contribution is 2.20. The third-order valence-electron chi connectivity index (χ3n) is 3.33. The molecule has 1 unspecified atom stereocenters. The van der Waals surface area contributed by atoms with Gasteiger partial charge in [-0.1, -0.05) is 0 Å². The molecule has 0 spiro atoms.